The fraction of sp³-hybridized carbons (Fsp3) is 0.600. The van der Waals surface area contributed by atoms with Gasteiger partial charge in [0, 0.05) is 30.4 Å². The third-order valence-corrected chi connectivity index (χ3v) is 6.31. The van der Waals surface area contributed by atoms with Crippen molar-refractivity contribution in [3.63, 3.8) is 0 Å². The quantitative estimate of drug-likeness (QED) is 0.808. The molecule has 3 fully saturated rings. The Morgan fingerprint density at radius 3 is 2.44 bits per heavy atom. The molecule has 0 unspecified atom stereocenters. The van der Waals surface area contributed by atoms with Gasteiger partial charge in [0.25, 0.3) is 5.91 Å². The molecule has 2 saturated carbocycles. The summed E-state index contributed by atoms with van der Waals surface area (Å²) < 4.78 is 0. The summed E-state index contributed by atoms with van der Waals surface area (Å²) in [7, 11) is 0. The Morgan fingerprint density at radius 1 is 1.04 bits per heavy atom. The van der Waals surface area contributed by atoms with E-state index in [1.165, 1.54) is 32.1 Å². The van der Waals surface area contributed by atoms with Gasteiger partial charge in [-0.1, -0.05) is 6.42 Å². The van der Waals surface area contributed by atoms with Crippen LogP contribution in [-0.4, -0.2) is 35.1 Å². The van der Waals surface area contributed by atoms with Gasteiger partial charge in [0.05, 0.1) is 0 Å². The molecule has 2 bridgehead atoms. The summed E-state index contributed by atoms with van der Waals surface area (Å²) in [5.74, 6) is 1.86. The number of carbonyl (C=O) groups is 1. The first-order valence-electron chi connectivity index (χ1n) is 9.66. The third-order valence-electron chi connectivity index (χ3n) is 6.09. The van der Waals surface area contributed by atoms with E-state index in [2.05, 4.69) is 10.6 Å². The Morgan fingerprint density at radius 2 is 1.80 bits per heavy atom. The van der Waals surface area contributed by atoms with Crippen LogP contribution in [0.4, 0.5) is 5.69 Å². The van der Waals surface area contributed by atoms with Crippen LogP contribution in [0.15, 0.2) is 24.3 Å². The van der Waals surface area contributed by atoms with Gasteiger partial charge in [-0.3, -0.25) is 4.79 Å². The van der Waals surface area contributed by atoms with E-state index < -0.39 is 0 Å². The number of amides is 1. The number of piperidine rings is 1. The number of rotatable bonds is 3. The lowest BCUT2D eigenvalue weighted by Gasteiger charge is -2.27. The molecule has 25 heavy (non-hydrogen) atoms. The Labute approximate surface area is 155 Å². The molecule has 5 heteroatoms. The van der Waals surface area contributed by atoms with Crippen LogP contribution in [-0.2, 0) is 0 Å². The number of fused-ring (bicyclic) bond motifs is 2. The van der Waals surface area contributed by atoms with Gasteiger partial charge in [-0.05, 0) is 86.8 Å². The second-order valence-electron chi connectivity index (χ2n) is 7.81. The molecule has 0 aromatic heterocycles. The lowest BCUT2D eigenvalue weighted by molar-refractivity contribution is 0.0724. The first-order valence-corrected chi connectivity index (χ1v) is 10.1. The van der Waals surface area contributed by atoms with Crippen molar-refractivity contribution in [2.24, 2.45) is 11.8 Å². The van der Waals surface area contributed by atoms with Crippen LogP contribution < -0.4 is 10.6 Å². The molecule has 1 saturated heterocycles. The predicted octanol–water partition coefficient (Wildman–Crippen LogP) is 3.79. The normalized spacial score (nSPS) is 28.0. The van der Waals surface area contributed by atoms with E-state index in [4.69, 9.17) is 12.2 Å². The van der Waals surface area contributed by atoms with Crippen LogP contribution in [0, 0.1) is 11.8 Å². The molecule has 1 aromatic carbocycles. The van der Waals surface area contributed by atoms with Crippen molar-refractivity contribution in [3.05, 3.63) is 29.8 Å². The van der Waals surface area contributed by atoms with Gasteiger partial charge >= 0.3 is 0 Å². The van der Waals surface area contributed by atoms with E-state index >= 15 is 0 Å². The number of carbonyl (C=O) groups excluding carboxylic acids is 1. The summed E-state index contributed by atoms with van der Waals surface area (Å²) in [6, 6.07) is 8.25. The van der Waals surface area contributed by atoms with E-state index in [0.717, 1.165) is 49.0 Å². The smallest absolute Gasteiger partial charge is 0.253 e. The first kappa shape index (κ1) is 16.8. The van der Waals surface area contributed by atoms with Crippen LogP contribution >= 0.6 is 12.2 Å². The zero-order valence-corrected chi connectivity index (χ0v) is 15.5. The number of benzene rings is 1. The van der Waals surface area contributed by atoms with Crippen molar-refractivity contribution in [1.29, 1.82) is 0 Å². The lowest BCUT2D eigenvalue weighted by Crippen LogP contribution is -2.40. The van der Waals surface area contributed by atoms with E-state index in [1.54, 1.807) is 0 Å². The molecule has 1 aromatic rings. The summed E-state index contributed by atoms with van der Waals surface area (Å²) in [4.78, 5) is 14.5. The fourth-order valence-corrected chi connectivity index (χ4v) is 5.00. The number of nitrogens with one attached hydrogen (secondary N) is 2. The van der Waals surface area contributed by atoms with Gasteiger partial charge in [0.1, 0.15) is 0 Å². The van der Waals surface area contributed by atoms with Gasteiger partial charge in [-0.25, -0.2) is 0 Å². The maximum atomic E-state index is 12.5. The van der Waals surface area contributed by atoms with E-state index in [-0.39, 0.29) is 5.91 Å². The average Bonchev–Trinajstić information content (AvgIpc) is 3.25. The van der Waals surface area contributed by atoms with Crippen LogP contribution in [0.5, 0.6) is 0 Å². The Hall–Kier alpha value is -1.62. The van der Waals surface area contributed by atoms with Crippen molar-refractivity contribution >= 4 is 28.9 Å². The highest BCUT2D eigenvalue weighted by molar-refractivity contribution is 7.80. The summed E-state index contributed by atoms with van der Waals surface area (Å²) >= 11 is 5.48. The zero-order chi connectivity index (χ0) is 17.2. The molecule has 1 heterocycles. The molecular weight excluding hydrogens is 330 g/mol. The minimum absolute atomic E-state index is 0.147. The highest BCUT2D eigenvalue weighted by Crippen LogP contribution is 2.44. The highest BCUT2D eigenvalue weighted by Gasteiger charge is 2.39. The summed E-state index contributed by atoms with van der Waals surface area (Å²) in [5.41, 5.74) is 1.70. The molecule has 3 atom stereocenters. The molecule has 2 N–H and O–H groups in total. The number of nitrogens with zero attached hydrogens (tertiary/aromatic N) is 1. The van der Waals surface area contributed by atoms with Crippen molar-refractivity contribution in [2.75, 3.05) is 18.4 Å². The molecule has 2 aliphatic carbocycles. The highest BCUT2D eigenvalue weighted by atomic mass is 32.1. The molecule has 134 valence electrons. The fourth-order valence-electron chi connectivity index (χ4n) is 4.73. The molecule has 1 amide bonds. The molecule has 0 spiro atoms. The van der Waals surface area contributed by atoms with Gasteiger partial charge in [0.15, 0.2) is 5.11 Å². The van der Waals surface area contributed by atoms with Gasteiger partial charge in [0.2, 0.25) is 0 Å². The Kier molecular flexibility index (Phi) is 4.93. The molecule has 0 radical (unpaired) electrons. The maximum Gasteiger partial charge on any atom is 0.253 e. The van der Waals surface area contributed by atoms with Crippen LogP contribution in [0.3, 0.4) is 0 Å². The van der Waals surface area contributed by atoms with Crippen LogP contribution in [0.1, 0.15) is 55.3 Å². The largest absolute Gasteiger partial charge is 0.359 e. The van der Waals surface area contributed by atoms with Crippen LogP contribution in [0.2, 0.25) is 0 Å². The molecule has 4 rings (SSSR count). The number of hydrogen-bond donors (Lipinski definition) is 2. The number of anilines is 1. The summed E-state index contributed by atoms with van der Waals surface area (Å²) in [5, 5.41) is 7.46. The molecule has 4 nitrogen and oxygen atoms in total. The van der Waals surface area contributed by atoms with Crippen molar-refractivity contribution in [1.82, 2.24) is 10.2 Å². The van der Waals surface area contributed by atoms with E-state index in [0.29, 0.717) is 11.2 Å². The van der Waals surface area contributed by atoms with Gasteiger partial charge in [-0.15, -0.1) is 0 Å². The van der Waals surface area contributed by atoms with E-state index in [1.807, 2.05) is 29.2 Å². The van der Waals surface area contributed by atoms with Gasteiger partial charge in [-0.2, -0.15) is 0 Å². The zero-order valence-electron chi connectivity index (χ0n) is 14.7. The molecular formula is C20H27N3OS. The van der Waals surface area contributed by atoms with E-state index in [9.17, 15) is 4.79 Å². The minimum Gasteiger partial charge on any atom is -0.359 e. The predicted molar refractivity (Wildman–Crippen MR) is 105 cm³/mol. The monoisotopic (exact) mass is 357 g/mol. The third kappa shape index (κ3) is 3.81. The SMILES string of the molecule is O=C(c1ccc(NC(=S)N[C@@H]2C[C@@H]3CC[C@@H]2C3)cc1)N1CCCCC1. The van der Waals surface area contributed by atoms with Crippen molar-refractivity contribution < 1.29 is 4.79 Å². The second-order valence-corrected chi connectivity index (χ2v) is 8.22. The van der Waals surface area contributed by atoms with Crippen molar-refractivity contribution in [2.45, 2.75) is 51.0 Å². The maximum absolute atomic E-state index is 12.5. The second kappa shape index (κ2) is 7.32. The minimum atomic E-state index is 0.147. The van der Waals surface area contributed by atoms with Crippen LogP contribution in [0.25, 0.3) is 0 Å². The summed E-state index contributed by atoms with van der Waals surface area (Å²) in [6.45, 7) is 1.77. The summed E-state index contributed by atoms with van der Waals surface area (Å²) in [6.07, 6.45) is 8.85. The first-order chi connectivity index (χ1) is 12.2. The molecule has 1 aliphatic heterocycles. The number of thiocarbonyl (C=S) groups is 1. The molecule has 3 aliphatic rings. The number of hydrogen-bond acceptors (Lipinski definition) is 2. The Bertz CT molecular complexity index is 639. The Balaban J connectivity index is 1.31. The average molecular weight is 358 g/mol. The number of likely N-dealkylation sites (tertiary alicyclic amines) is 1. The standard InChI is InChI=1S/C20H27N3OS/c24-19(23-10-2-1-3-11-23)15-6-8-17(9-7-15)21-20(25)22-18-13-14-4-5-16(18)12-14/h6-9,14,16,18H,1-5,10-13H2,(H2,21,22,25)/t14-,16-,18-/m1/s1. The van der Waals surface area contributed by atoms with Gasteiger partial charge < -0.3 is 15.5 Å². The topological polar surface area (TPSA) is 44.4 Å². The van der Waals surface area contributed by atoms with Crippen molar-refractivity contribution in [3.8, 4) is 0 Å². The lowest BCUT2D eigenvalue weighted by atomic mass is 9.96.